The Balaban J connectivity index is 0.971. The number of likely N-dealkylation sites (tertiary alicyclic amines) is 3. The zero-order valence-corrected chi connectivity index (χ0v) is 36.0. The molecule has 3 aliphatic heterocycles. The first-order valence-electron chi connectivity index (χ1n) is 21.9. The summed E-state index contributed by atoms with van der Waals surface area (Å²) in [5.74, 6) is 1.12. The average Bonchev–Trinajstić information content (AvgIpc) is 4.09. The maximum absolute atomic E-state index is 14.0. The zero-order valence-electron chi connectivity index (χ0n) is 36.0. The Kier molecular flexibility index (Phi) is 13.0. The fourth-order valence-electron chi connectivity index (χ4n) is 9.34. The molecular weight excluding hydrogens is 763 g/mol. The van der Waals surface area contributed by atoms with E-state index in [-0.39, 0.29) is 53.3 Å². The monoisotopic (exact) mass is 825 g/mol. The van der Waals surface area contributed by atoms with Crippen LogP contribution in [-0.4, -0.2) is 115 Å². The minimum Gasteiger partial charge on any atom is -0.453 e. The molecule has 0 radical (unpaired) electrons. The molecule has 3 saturated heterocycles. The van der Waals surface area contributed by atoms with Gasteiger partial charge in [0.25, 0.3) is 0 Å². The van der Waals surface area contributed by atoms with E-state index < -0.39 is 18.2 Å². The minimum atomic E-state index is -0.683. The van der Waals surface area contributed by atoms with Crippen molar-refractivity contribution in [2.45, 2.75) is 128 Å². The first-order valence-corrected chi connectivity index (χ1v) is 21.9. The van der Waals surface area contributed by atoms with Gasteiger partial charge in [-0.25, -0.2) is 19.6 Å². The molecule has 5 amide bonds. The van der Waals surface area contributed by atoms with Crippen LogP contribution in [0.25, 0.3) is 16.8 Å². The number of carbonyl (C=O) groups is 4. The number of benzene rings is 1. The fraction of sp³-hybridized carbons (Fsp3) is 0.600. The number of alkyl carbamates (subject to hydrolysis) is 1. The zero-order chi connectivity index (χ0) is 42.7. The minimum absolute atomic E-state index is 0.0428. The SMILES string of the molecule is COC(=O)N[C@H](C(=O)N1CCC[C@H]1c1ncc(-c2ccc(C3(C)CC=C(c4cnc([C@@H]5CCCN5C(=O)[C@@H](NC(=O)N5CCC(O)CC5)C(C)C)[nH]4)CC3)cc2)[nH]1)C(C)C. The van der Waals surface area contributed by atoms with Crippen LogP contribution in [0.3, 0.4) is 0 Å². The summed E-state index contributed by atoms with van der Waals surface area (Å²) in [4.78, 5) is 74.7. The van der Waals surface area contributed by atoms with Crippen LogP contribution >= 0.6 is 0 Å². The number of aliphatic hydroxyl groups is 1. The van der Waals surface area contributed by atoms with Crippen LogP contribution in [-0.2, 0) is 19.7 Å². The van der Waals surface area contributed by atoms with Gasteiger partial charge in [0.05, 0.1) is 49.1 Å². The Hall–Kier alpha value is -5.18. The van der Waals surface area contributed by atoms with Gasteiger partial charge in [0.2, 0.25) is 11.8 Å². The highest BCUT2D eigenvalue weighted by Gasteiger charge is 2.40. The molecule has 3 fully saturated rings. The van der Waals surface area contributed by atoms with E-state index in [9.17, 15) is 24.3 Å². The fourth-order valence-corrected chi connectivity index (χ4v) is 9.34. The van der Waals surface area contributed by atoms with Crippen LogP contribution in [0.15, 0.2) is 42.7 Å². The van der Waals surface area contributed by atoms with Gasteiger partial charge in [-0.15, -0.1) is 0 Å². The predicted molar refractivity (Wildman–Crippen MR) is 227 cm³/mol. The van der Waals surface area contributed by atoms with Crippen molar-refractivity contribution in [3.8, 4) is 11.3 Å². The van der Waals surface area contributed by atoms with Crippen LogP contribution in [0.1, 0.15) is 127 Å². The van der Waals surface area contributed by atoms with Gasteiger partial charge in [0.1, 0.15) is 23.7 Å². The molecule has 4 aliphatic rings. The summed E-state index contributed by atoms with van der Waals surface area (Å²) in [5, 5.41) is 15.6. The van der Waals surface area contributed by atoms with E-state index in [1.54, 1.807) is 4.90 Å². The molecule has 2 aromatic heterocycles. The molecule has 1 aliphatic carbocycles. The molecule has 15 nitrogen and oxygen atoms in total. The molecule has 7 rings (SSSR count). The summed E-state index contributed by atoms with van der Waals surface area (Å²) < 4.78 is 4.77. The van der Waals surface area contributed by atoms with Crippen LogP contribution in [0.2, 0.25) is 0 Å². The molecule has 1 unspecified atom stereocenters. The quantitative estimate of drug-likeness (QED) is 0.151. The second-order valence-electron chi connectivity index (χ2n) is 18.1. The molecule has 0 saturated carbocycles. The van der Waals surface area contributed by atoms with Crippen molar-refractivity contribution in [2.24, 2.45) is 11.8 Å². The number of hydrogen-bond donors (Lipinski definition) is 5. The Bertz CT molecular complexity index is 2030. The number of imidazole rings is 2. The van der Waals surface area contributed by atoms with Gasteiger partial charge in [-0.2, -0.15) is 0 Å². The lowest BCUT2D eigenvalue weighted by atomic mass is 9.71. The average molecular weight is 826 g/mol. The molecule has 5 atom stereocenters. The van der Waals surface area contributed by atoms with Crippen molar-refractivity contribution in [3.63, 3.8) is 0 Å². The van der Waals surface area contributed by atoms with E-state index in [0.717, 1.165) is 73.5 Å². The van der Waals surface area contributed by atoms with Crippen molar-refractivity contribution < 1.29 is 29.0 Å². The smallest absolute Gasteiger partial charge is 0.407 e. The van der Waals surface area contributed by atoms with Gasteiger partial charge in [0, 0.05) is 26.2 Å². The Morgan fingerprint density at radius 2 is 1.35 bits per heavy atom. The van der Waals surface area contributed by atoms with Crippen molar-refractivity contribution >= 4 is 29.5 Å². The lowest BCUT2D eigenvalue weighted by Gasteiger charge is -2.34. The van der Waals surface area contributed by atoms with Crippen molar-refractivity contribution in [1.82, 2.24) is 45.3 Å². The third kappa shape index (κ3) is 9.10. The molecule has 5 N–H and O–H groups in total. The highest BCUT2D eigenvalue weighted by atomic mass is 16.5. The van der Waals surface area contributed by atoms with Crippen LogP contribution < -0.4 is 10.6 Å². The number of urea groups is 1. The summed E-state index contributed by atoms with van der Waals surface area (Å²) in [5.41, 5.74) is 5.34. The second kappa shape index (κ2) is 18.2. The Morgan fingerprint density at radius 1 is 0.800 bits per heavy atom. The van der Waals surface area contributed by atoms with E-state index in [1.165, 1.54) is 18.2 Å². The lowest BCUT2D eigenvalue weighted by molar-refractivity contribution is -0.136. The number of ether oxygens (including phenoxy) is 1. The number of aromatic nitrogens is 4. The maximum atomic E-state index is 14.0. The summed E-state index contributed by atoms with van der Waals surface area (Å²) >= 11 is 0. The number of allylic oxidation sites excluding steroid dienone is 2. The van der Waals surface area contributed by atoms with Gasteiger partial charge in [-0.3, -0.25) is 9.59 Å². The molecule has 60 heavy (non-hydrogen) atoms. The number of nitrogens with zero attached hydrogens (tertiary/aromatic N) is 5. The van der Waals surface area contributed by atoms with Crippen LogP contribution in [0.4, 0.5) is 9.59 Å². The standard InChI is InChI=1S/C45H63N9O6/c1-27(2)37(50-43(58)52-23-17-32(55)18-24-52)41(56)53-21-7-9-35(53)40-47-26-34(49-40)30-15-19-45(5,20-16-30)31-13-11-29(12-14-31)33-25-46-39(48-33)36-10-8-22-54(36)42(57)38(28(3)4)51-44(59)60-6/h11-15,25-28,32,35-38,55H,7-10,16-24H2,1-6H3,(H,46,48)(H,47,49)(H,50,58)(H,51,59)/t35-,36-,37-,38-,45?/m0/s1. The second-order valence-corrected chi connectivity index (χ2v) is 18.1. The number of methoxy groups -OCH3 is 1. The highest BCUT2D eigenvalue weighted by molar-refractivity contribution is 5.88. The van der Waals surface area contributed by atoms with E-state index in [4.69, 9.17) is 14.7 Å². The number of nitrogens with one attached hydrogen (secondary N) is 4. The predicted octanol–water partition coefficient (Wildman–Crippen LogP) is 6.22. The molecule has 15 heteroatoms. The maximum Gasteiger partial charge on any atom is 0.407 e. The molecule has 1 aromatic carbocycles. The normalized spacial score (nSPS) is 23.5. The largest absolute Gasteiger partial charge is 0.453 e. The van der Waals surface area contributed by atoms with Gasteiger partial charge in [-0.1, -0.05) is 65.0 Å². The molecule has 5 heterocycles. The first kappa shape index (κ1) is 42.9. The first-order chi connectivity index (χ1) is 28.8. The number of piperidine rings is 1. The van der Waals surface area contributed by atoms with Gasteiger partial charge in [0.15, 0.2) is 0 Å². The van der Waals surface area contributed by atoms with Gasteiger partial charge in [-0.05, 0) is 91.7 Å². The van der Waals surface area contributed by atoms with Crippen molar-refractivity contribution in [1.29, 1.82) is 0 Å². The summed E-state index contributed by atoms with van der Waals surface area (Å²) in [6, 6.07) is 6.72. The topological polar surface area (TPSA) is 189 Å². The number of amides is 5. The Labute approximate surface area is 353 Å². The van der Waals surface area contributed by atoms with Gasteiger partial charge >= 0.3 is 12.1 Å². The van der Waals surface area contributed by atoms with E-state index in [1.807, 2.05) is 49.9 Å². The van der Waals surface area contributed by atoms with Crippen molar-refractivity contribution in [3.05, 3.63) is 65.6 Å². The number of aromatic amines is 2. The van der Waals surface area contributed by atoms with E-state index in [0.29, 0.717) is 39.0 Å². The number of aliphatic hydroxyl groups excluding tert-OH is 1. The molecule has 3 aromatic rings. The van der Waals surface area contributed by atoms with Crippen molar-refractivity contribution in [2.75, 3.05) is 33.3 Å². The van der Waals surface area contributed by atoms with Crippen LogP contribution in [0, 0.1) is 11.8 Å². The van der Waals surface area contributed by atoms with Gasteiger partial charge < -0.3 is 45.1 Å². The molecule has 0 spiro atoms. The number of H-pyrrole nitrogens is 2. The summed E-state index contributed by atoms with van der Waals surface area (Å²) in [6.45, 7) is 12.2. The van der Waals surface area contributed by atoms with E-state index >= 15 is 0 Å². The molecule has 0 bridgehead atoms. The van der Waals surface area contributed by atoms with Crippen LogP contribution in [0.5, 0.6) is 0 Å². The molecule has 324 valence electrons. The highest BCUT2D eigenvalue weighted by Crippen LogP contribution is 2.42. The van der Waals surface area contributed by atoms with E-state index in [2.05, 4.69) is 57.9 Å². The summed E-state index contributed by atoms with van der Waals surface area (Å²) in [7, 11) is 1.30. The summed E-state index contributed by atoms with van der Waals surface area (Å²) in [6.07, 6.45) is 12.2. The lowest BCUT2D eigenvalue weighted by Crippen LogP contribution is -2.55. The Morgan fingerprint density at radius 3 is 1.88 bits per heavy atom. The third-order valence-electron chi connectivity index (χ3n) is 13.2. The molecular formula is C45H63N9O6. The number of rotatable bonds is 11. The third-order valence-corrected chi connectivity index (χ3v) is 13.2. The number of hydrogen-bond acceptors (Lipinski definition) is 8. The number of carbonyl (C=O) groups excluding carboxylic acids is 4.